The quantitative estimate of drug-likeness (QED) is 0.146. The molecule has 0 aromatic carbocycles. The minimum absolute atomic E-state index is 0.113. The SMILES string of the molecule is CC.CC(C)C.CCC(C)(C)OC1C[C@@H](C(=O)NC(CC2CC2)C(=O)C(N)=O)N(C(=O)C(NC(=O)NCC(=O)OC(C)(C)C)C2CCCCC2)C1. The monoisotopic (exact) mass is 724 g/mol. The van der Waals surface area contributed by atoms with Crippen molar-refractivity contribution >= 4 is 35.5 Å². The fraction of sp³-hybridized carbons (Fsp3) is 0.842. The molecule has 13 nitrogen and oxygen atoms in total. The first-order valence-electron chi connectivity index (χ1n) is 19.1. The Morgan fingerprint density at radius 2 is 1.45 bits per heavy atom. The van der Waals surface area contributed by atoms with Crippen molar-refractivity contribution in [1.82, 2.24) is 20.9 Å². The predicted octanol–water partition coefficient (Wildman–Crippen LogP) is 4.78. The Morgan fingerprint density at radius 3 is 1.94 bits per heavy atom. The maximum atomic E-state index is 14.3. The second-order valence-corrected chi connectivity index (χ2v) is 16.1. The molecular formula is C38H69N5O8. The third-order valence-corrected chi connectivity index (χ3v) is 8.81. The molecule has 0 radical (unpaired) electrons. The number of carbonyl (C=O) groups is 6. The number of hydrogen-bond acceptors (Lipinski definition) is 8. The van der Waals surface area contributed by atoms with Crippen molar-refractivity contribution in [2.24, 2.45) is 23.5 Å². The van der Waals surface area contributed by atoms with Gasteiger partial charge >= 0.3 is 12.0 Å². The summed E-state index contributed by atoms with van der Waals surface area (Å²) in [7, 11) is 0. The molecule has 0 spiro atoms. The Kier molecular flexibility index (Phi) is 19.2. The zero-order chi connectivity index (χ0) is 39.1. The summed E-state index contributed by atoms with van der Waals surface area (Å²) < 4.78 is 11.6. The van der Waals surface area contributed by atoms with Gasteiger partial charge in [-0.3, -0.25) is 24.0 Å². The van der Waals surface area contributed by atoms with E-state index < -0.39 is 70.9 Å². The van der Waals surface area contributed by atoms with Gasteiger partial charge < -0.3 is 36.1 Å². The number of amides is 5. The second kappa shape index (κ2) is 21.3. The van der Waals surface area contributed by atoms with E-state index in [1.807, 2.05) is 34.6 Å². The number of primary amides is 1. The molecule has 2 saturated carbocycles. The van der Waals surface area contributed by atoms with E-state index in [0.717, 1.165) is 38.0 Å². The van der Waals surface area contributed by atoms with Crippen LogP contribution in [0.1, 0.15) is 140 Å². The van der Waals surface area contributed by atoms with Gasteiger partial charge in [0.05, 0.1) is 17.7 Å². The van der Waals surface area contributed by atoms with Crippen molar-refractivity contribution in [2.45, 2.75) is 176 Å². The van der Waals surface area contributed by atoms with Crippen molar-refractivity contribution in [3.63, 3.8) is 0 Å². The number of rotatable bonds is 14. The van der Waals surface area contributed by atoms with E-state index in [4.69, 9.17) is 15.2 Å². The molecule has 51 heavy (non-hydrogen) atoms. The molecule has 4 atom stereocenters. The van der Waals surface area contributed by atoms with Crippen molar-refractivity contribution < 1.29 is 38.2 Å². The number of ether oxygens (including phenoxy) is 2. The number of nitrogens with zero attached hydrogens (tertiary/aromatic N) is 1. The second-order valence-electron chi connectivity index (χ2n) is 16.1. The molecule has 3 rings (SSSR count). The number of ketones is 1. The third-order valence-electron chi connectivity index (χ3n) is 8.81. The highest BCUT2D eigenvalue weighted by Crippen LogP contribution is 2.34. The van der Waals surface area contributed by atoms with E-state index in [1.165, 1.54) is 4.90 Å². The molecule has 5 N–H and O–H groups in total. The van der Waals surface area contributed by atoms with Crippen LogP contribution in [0.4, 0.5) is 4.79 Å². The Balaban J connectivity index is 0.00000202. The first kappa shape index (κ1) is 45.8. The lowest BCUT2D eigenvalue weighted by Crippen LogP contribution is -2.59. The molecule has 3 unspecified atom stereocenters. The highest BCUT2D eigenvalue weighted by atomic mass is 16.6. The van der Waals surface area contributed by atoms with Crippen LogP contribution >= 0.6 is 0 Å². The molecular weight excluding hydrogens is 654 g/mol. The van der Waals surface area contributed by atoms with E-state index in [2.05, 4.69) is 36.7 Å². The van der Waals surface area contributed by atoms with Crippen molar-refractivity contribution in [3.05, 3.63) is 0 Å². The molecule has 0 bridgehead atoms. The topological polar surface area (TPSA) is 186 Å². The van der Waals surface area contributed by atoms with E-state index in [9.17, 15) is 28.8 Å². The average molecular weight is 724 g/mol. The number of likely N-dealkylation sites (tertiary alicyclic amines) is 1. The summed E-state index contributed by atoms with van der Waals surface area (Å²) in [6.07, 6.45) is 6.77. The van der Waals surface area contributed by atoms with Crippen LogP contribution in [0.25, 0.3) is 0 Å². The fourth-order valence-corrected chi connectivity index (χ4v) is 6.02. The van der Waals surface area contributed by atoms with E-state index in [1.54, 1.807) is 20.8 Å². The molecule has 3 fully saturated rings. The Morgan fingerprint density at radius 1 is 0.882 bits per heavy atom. The summed E-state index contributed by atoms with van der Waals surface area (Å²) in [6, 6.07) is -3.71. The largest absolute Gasteiger partial charge is 0.459 e. The number of Topliss-reactive ketones (excluding diaryl/α,β-unsaturated/α-hetero) is 1. The lowest BCUT2D eigenvalue weighted by molar-refractivity contribution is -0.153. The molecule has 1 saturated heterocycles. The van der Waals surface area contributed by atoms with Crippen LogP contribution in [0.15, 0.2) is 0 Å². The van der Waals surface area contributed by atoms with Crippen molar-refractivity contribution in [3.8, 4) is 0 Å². The van der Waals surface area contributed by atoms with Crippen LogP contribution in [0.3, 0.4) is 0 Å². The summed E-state index contributed by atoms with van der Waals surface area (Å²) in [6.45, 7) is 21.3. The van der Waals surface area contributed by atoms with Crippen LogP contribution in [0.5, 0.6) is 0 Å². The molecule has 0 aromatic heterocycles. The van der Waals surface area contributed by atoms with Gasteiger partial charge in [0, 0.05) is 13.0 Å². The number of esters is 1. The highest BCUT2D eigenvalue weighted by Gasteiger charge is 2.46. The zero-order valence-electron chi connectivity index (χ0n) is 33.3. The van der Waals surface area contributed by atoms with E-state index >= 15 is 0 Å². The standard InChI is InChI=1S/C32H53N5O8.C4H10.C2H6/c1-7-32(5,6)44-21-16-23(28(41)35-22(15-19-13-14-19)26(39)27(33)40)37(18-21)29(42)25(20-11-9-8-10-12-20)36-30(43)34-17-24(38)45-31(2,3)4;1-4(2)3;1-2/h19-23,25H,7-18H2,1-6H3,(H2,33,40)(H,35,41)(H2,34,36,43);4H,1-3H3;1-2H3/t21?,22?,23-,25?;;/m0../s1. The van der Waals surface area contributed by atoms with Gasteiger partial charge in [0.15, 0.2) is 0 Å². The minimum Gasteiger partial charge on any atom is -0.459 e. The summed E-state index contributed by atoms with van der Waals surface area (Å²) in [5.41, 5.74) is 4.06. The summed E-state index contributed by atoms with van der Waals surface area (Å²) >= 11 is 0. The van der Waals surface area contributed by atoms with Gasteiger partial charge in [-0.15, -0.1) is 0 Å². The third kappa shape index (κ3) is 17.2. The number of nitrogens with one attached hydrogen (secondary N) is 3. The number of carbonyl (C=O) groups excluding carboxylic acids is 6. The number of nitrogens with two attached hydrogens (primary N) is 1. The summed E-state index contributed by atoms with van der Waals surface area (Å²) in [5.74, 6) is -2.72. The molecule has 294 valence electrons. The average Bonchev–Trinajstić information content (AvgIpc) is 3.77. The summed E-state index contributed by atoms with van der Waals surface area (Å²) in [4.78, 5) is 79.1. The first-order chi connectivity index (χ1) is 23.7. The molecule has 0 aromatic rings. The number of urea groups is 1. The molecule has 13 heteroatoms. The lowest BCUT2D eigenvalue weighted by Gasteiger charge is -2.35. The van der Waals surface area contributed by atoms with Crippen LogP contribution in [-0.2, 0) is 33.4 Å². The van der Waals surface area contributed by atoms with Gasteiger partial charge in [0.2, 0.25) is 17.6 Å². The van der Waals surface area contributed by atoms with E-state index in [-0.39, 0.29) is 31.3 Å². The Hall–Kier alpha value is -3.22. The Labute approximate surface area is 306 Å². The van der Waals surface area contributed by atoms with Gasteiger partial charge in [0.1, 0.15) is 24.2 Å². The fourth-order valence-electron chi connectivity index (χ4n) is 6.02. The van der Waals surface area contributed by atoms with Crippen LogP contribution in [0, 0.1) is 17.8 Å². The lowest BCUT2D eigenvalue weighted by atomic mass is 9.83. The predicted molar refractivity (Wildman–Crippen MR) is 197 cm³/mol. The Bertz CT molecular complexity index is 1150. The van der Waals surface area contributed by atoms with Crippen LogP contribution < -0.4 is 21.7 Å². The zero-order valence-corrected chi connectivity index (χ0v) is 33.3. The van der Waals surface area contributed by atoms with Crippen molar-refractivity contribution in [2.75, 3.05) is 13.1 Å². The molecule has 1 heterocycles. The minimum atomic E-state index is -1.12. The molecule has 3 aliphatic rings. The van der Waals surface area contributed by atoms with Crippen molar-refractivity contribution in [1.29, 1.82) is 0 Å². The maximum Gasteiger partial charge on any atom is 0.325 e. The number of hydrogen-bond donors (Lipinski definition) is 4. The highest BCUT2D eigenvalue weighted by molar-refractivity contribution is 6.37. The smallest absolute Gasteiger partial charge is 0.325 e. The van der Waals surface area contributed by atoms with Gasteiger partial charge in [0.25, 0.3) is 5.91 Å². The van der Waals surface area contributed by atoms with E-state index in [0.29, 0.717) is 25.7 Å². The maximum absolute atomic E-state index is 14.3. The van der Waals surface area contributed by atoms with Gasteiger partial charge in [-0.05, 0) is 78.1 Å². The van der Waals surface area contributed by atoms with Gasteiger partial charge in [-0.25, -0.2) is 4.79 Å². The summed E-state index contributed by atoms with van der Waals surface area (Å²) in [5, 5.41) is 8.00. The van der Waals surface area contributed by atoms with Crippen LogP contribution in [-0.4, -0.2) is 88.9 Å². The van der Waals surface area contributed by atoms with Crippen LogP contribution in [0.2, 0.25) is 0 Å². The molecule has 1 aliphatic heterocycles. The van der Waals surface area contributed by atoms with Gasteiger partial charge in [-0.1, -0.05) is 73.6 Å². The van der Waals surface area contributed by atoms with Gasteiger partial charge in [-0.2, -0.15) is 0 Å². The normalized spacial score (nSPS) is 20.4. The molecule has 5 amide bonds. The molecule has 2 aliphatic carbocycles. The first-order valence-corrected chi connectivity index (χ1v) is 19.1.